The summed E-state index contributed by atoms with van der Waals surface area (Å²) in [6.07, 6.45) is 2.97. The van der Waals surface area contributed by atoms with Crippen LogP contribution >= 0.6 is 12.4 Å². The minimum atomic E-state index is 0. The van der Waals surface area contributed by atoms with Crippen molar-refractivity contribution >= 4 is 18.3 Å². The summed E-state index contributed by atoms with van der Waals surface area (Å²) in [4.78, 5) is 15.9. The highest BCUT2D eigenvalue weighted by atomic mass is 35.5. The van der Waals surface area contributed by atoms with Gasteiger partial charge in [0, 0.05) is 6.42 Å². The molecule has 20 heavy (non-hydrogen) atoms. The Labute approximate surface area is 125 Å². The van der Waals surface area contributed by atoms with Crippen LogP contribution < -0.4 is 10.6 Å². The van der Waals surface area contributed by atoms with E-state index in [0.717, 1.165) is 13.1 Å². The molecule has 1 saturated heterocycles. The fourth-order valence-corrected chi connectivity index (χ4v) is 2.48. The molecule has 2 N–H and O–H groups in total. The van der Waals surface area contributed by atoms with Gasteiger partial charge in [-0.2, -0.15) is 4.98 Å². The Hall–Kier alpha value is -1.14. The maximum absolute atomic E-state index is 11.9. The SMILES string of the molecule is Cc1noc(CNC(=O)CC(C)C2CCCNC2)n1.Cl. The first kappa shape index (κ1) is 16.9. The number of nitrogens with one attached hydrogen (secondary N) is 2. The fourth-order valence-electron chi connectivity index (χ4n) is 2.48. The van der Waals surface area contributed by atoms with Crippen LogP contribution in [-0.2, 0) is 11.3 Å². The number of piperidine rings is 1. The van der Waals surface area contributed by atoms with Crippen LogP contribution in [0.3, 0.4) is 0 Å². The van der Waals surface area contributed by atoms with Gasteiger partial charge >= 0.3 is 0 Å². The number of carbonyl (C=O) groups is 1. The van der Waals surface area contributed by atoms with Crippen LogP contribution in [-0.4, -0.2) is 29.1 Å². The number of hydrogen-bond donors (Lipinski definition) is 2. The topological polar surface area (TPSA) is 80.0 Å². The van der Waals surface area contributed by atoms with Gasteiger partial charge in [0.2, 0.25) is 11.8 Å². The summed E-state index contributed by atoms with van der Waals surface area (Å²) < 4.78 is 4.95. The first-order valence-electron chi connectivity index (χ1n) is 6.91. The van der Waals surface area contributed by atoms with Crippen molar-refractivity contribution in [1.29, 1.82) is 0 Å². The molecular formula is C13H23ClN4O2. The number of aryl methyl sites for hydroxylation is 1. The molecule has 7 heteroatoms. The Kier molecular flexibility index (Phi) is 6.95. The van der Waals surface area contributed by atoms with Crippen LogP contribution in [0.2, 0.25) is 0 Å². The number of carbonyl (C=O) groups excluding carboxylic acids is 1. The highest BCUT2D eigenvalue weighted by Gasteiger charge is 2.22. The molecule has 2 atom stereocenters. The van der Waals surface area contributed by atoms with Crippen LogP contribution in [0.15, 0.2) is 4.52 Å². The molecule has 114 valence electrons. The number of nitrogens with zero attached hydrogens (tertiary/aromatic N) is 2. The molecule has 0 spiro atoms. The van der Waals surface area contributed by atoms with E-state index in [1.807, 2.05) is 0 Å². The highest BCUT2D eigenvalue weighted by molar-refractivity contribution is 5.85. The lowest BCUT2D eigenvalue weighted by atomic mass is 9.85. The Bertz CT molecular complexity index is 418. The van der Waals surface area contributed by atoms with E-state index in [9.17, 15) is 4.79 Å². The average molecular weight is 303 g/mol. The average Bonchev–Trinajstić information content (AvgIpc) is 2.83. The second-order valence-electron chi connectivity index (χ2n) is 5.30. The quantitative estimate of drug-likeness (QED) is 0.860. The van der Waals surface area contributed by atoms with Crippen molar-refractivity contribution in [1.82, 2.24) is 20.8 Å². The summed E-state index contributed by atoms with van der Waals surface area (Å²) in [5.74, 6) is 2.10. The number of halogens is 1. The third kappa shape index (κ3) is 5.09. The Balaban J connectivity index is 0.00000200. The van der Waals surface area contributed by atoms with E-state index in [1.54, 1.807) is 6.92 Å². The summed E-state index contributed by atoms with van der Waals surface area (Å²) in [7, 11) is 0. The third-order valence-electron chi connectivity index (χ3n) is 3.65. The molecule has 1 aliphatic heterocycles. The maximum atomic E-state index is 11.9. The van der Waals surface area contributed by atoms with E-state index in [2.05, 4.69) is 27.7 Å². The monoisotopic (exact) mass is 302 g/mol. The van der Waals surface area contributed by atoms with Crippen LogP contribution in [0, 0.1) is 18.8 Å². The van der Waals surface area contributed by atoms with Gasteiger partial charge in [0.15, 0.2) is 5.82 Å². The molecule has 0 aromatic carbocycles. The highest BCUT2D eigenvalue weighted by Crippen LogP contribution is 2.22. The van der Waals surface area contributed by atoms with Gasteiger partial charge in [-0.1, -0.05) is 12.1 Å². The number of rotatable bonds is 5. The molecule has 0 saturated carbocycles. The zero-order valence-electron chi connectivity index (χ0n) is 12.0. The van der Waals surface area contributed by atoms with Gasteiger partial charge < -0.3 is 15.2 Å². The number of aromatic nitrogens is 2. The fraction of sp³-hybridized carbons (Fsp3) is 0.769. The lowest BCUT2D eigenvalue weighted by molar-refractivity contribution is -0.122. The van der Waals surface area contributed by atoms with Crippen molar-refractivity contribution in [2.45, 2.75) is 39.7 Å². The number of amides is 1. The van der Waals surface area contributed by atoms with Gasteiger partial charge in [0.1, 0.15) is 0 Å². The summed E-state index contributed by atoms with van der Waals surface area (Å²) in [6, 6.07) is 0. The molecule has 6 nitrogen and oxygen atoms in total. The van der Waals surface area contributed by atoms with Gasteiger partial charge in [0.25, 0.3) is 0 Å². The van der Waals surface area contributed by atoms with Gasteiger partial charge in [-0.15, -0.1) is 12.4 Å². The Morgan fingerprint density at radius 2 is 2.40 bits per heavy atom. The molecule has 2 heterocycles. The molecule has 1 aromatic heterocycles. The summed E-state index contributed by atoms with van der Waals surface area (Å²) >= 11 is 0. The molecule has 0 radical (unpaired) electrons. The van der Waals surface area contributed by atoms with E-state index in [4.69, 9.17) is 4.52 Å². The second-order valence-corrected chi connectivity index (χ2v) is 5.30. The molecule has 1 aromatic rings. The van der Waals surface area contributed by atoms with E-state index >= 15 is 0 Å². The van der Waals surface area contributed by atoms with E-state index in [0.29, 0.717) is 36.5 Å². The zero-order chi connectivity index (χ0) is 13.7. The largest absolute Gasteiger partial charge is 0.347 e. The van der Waals surface area contributed by atoms with Gasteiger partial charge in [-0.3, -0.25) is 4.79 Å². The predicted octanol–water partition coefficient (Wildman–Crippen LogP) is 1.44. The van der Waals surface area contributed by atoms with Crippen molar-refractivity contribution in [2.75, 3.05) is 13.1 Å². The van der Waals surface area contributed by atoms with Crippen molar-refractivity contribution < 1.29 is 9.32 Å². The summed E-state index contributed by atoms with van der Waals surface area (Å²) in [5, 5.41) is 9.89. The molecule has 2 unspecified atom stereocenters. The normalized spacial score (nSPS) is 20.0. The van der Waals surface area contributed by atoms with E-state index in [-0.39, 0.29) is 18.3 Å². The Morgan fingerprint density at radius 1 is 1.60 bits per heavy atom. The van der Waals surface area contributed by atoms with Gasteiger partial charge in [-0.25, -0.2) is 0 Å². The Morgan fingerprint density at radius 3 is 3.00 bits per heavy atom. The van der Waals surface area contributed by atoms with Crippen molar-refractivity contribution in [3.63, 3.8) is 0 Å². The standard InChI is InChI=1S/C13H22N4O2.ClH/c1-9(11-4-3-5-14-7-11)6-12(18)15-8-13-16-10(2)17-19-13;/h9,11,14H,3-8H2,1-2H3,(H,15,18);1H. The first-order valence-corrected chi connectivity index (χ1v) is 6.91. The maximum Gasteiger partial charge on any atom is 0.246 e. The first-order chi connectivity index (χ1) is 9.15. The van der Waals surface area contributed by atoms with Crippen LogP contribution in [0.5, 0.6) is 0 Å². The zero-order valence-corrected chi connectivity index (χ0v) is 12.8. The summed E-state index contributed by atoms with van der Waals surface area (Å²) in [5.41, 5.74) is 0. The molecule has 0 aliphatic carbocycles. The minimum Gasteiger partial charge on any atom is -0.347 e. The smallest absolute Gasteiger partial charge is 0.246 e. The van der Waals surface area contributed by atoms with E-state index in [1.165, 1.54) is 12.8 Å². The number of hydrogen-bond acceptors (Lipinski definition) is 5. The third-order valence-corrected chi connectivity index (χ3v) is 3.65. The lowest BCUT2D eigenvalue weighted by Crippen LogP contribution is -2.35. The molecule has 2 rings (SSSR count). The van der Waals surface area contributed by atoms with Gasteiger partial charge in [0.05, 0.1) is 6.54 Å². The molecule has 1 fully saturated rings. The van der Waals surface area contributed by atoms with Crippen LogP contribution in [0.25, 0.3) is 0 Å². The van der Waals surface area contributed by atoms with Crippen molar-refractivity contribution in [3.8, 4) is 0 Å². The molecule has 1 aliphatic rings. The van der Waals surface area contributed by atoms with E-state index < -0.39 is 0 Å². The van der Waals surface area contributed by atoms with Crippen molar-refractivity contribution in [2.24, 2.45) is 11.8 Å². The molecule has 0 bridgehead atoms. The molecular weight excluding hydrogens is 280 g/mol. The predicted molar refractivity (Wildman–Crippen MR) is 77.5 cm³/mol. The molecule has 1 amide bonds. The van der Waals surface area contributed by atoms with Gasteiger partial charge in [-0.05, 0) is 44.7 Å². The van der Waals surface area contributed by atoms with Crippen molar-refractivity contribution in [3.05, 3.63) is 11.7 Å². The lowest BCUT2D eigenvalue weighted by Gasteiger charge is -2.27. The minimum absolute atomic E-state index is 0. The van der Waals surface area contributed by atoms with Crippen LogP contribution in [0.4, 0.5) is 0 Å². The second kappa shape index (κ2) is 8.21. The summed E-state index contributed by atoms with van der Waals surface area (Å²) in [6.45, 7) is 6.35. The van der Waals surface area contributed by atoms with Crippen LogP contribution in [0.1, 0.15) is 37.9 Å².